The van der Waals surface area contributed by atoms with Crippen LogP contribution in [0.3, 0.4) is 0 Å². The Labute approximate surface area is 106 Å². The van der Waals surface area contributed by atoms with Crippen LogP contribution in [-0.2, 0) is 9.59 Å². The number of amides is 1. The summed E-state index contributed by atoms with van der Waals surface area (Å²) in [7, 11) is 0. The van der Waals surface area contributed by atoms with Gasteiger partial charge >= 0.3 is 5.97 Å². The van der Waals surface area contributed by atoms with Gasteiger partial charge in [-0.3, -0.25) is 9.59 Å². The second-order valence-corrected chi connectivity index (χ2v) is 6.74. The normalized spacial score (nSPS) is 34.4. The Kier molecular flexibility index (Phi) is 3.39. The fourth-order valence-corrected chi connectivity index (χ4v) is 3.97. The molecule has 1 amide bonds. The summed E-state index contributed by atoms with van der Waals surface area (Å²) in [6.07, 6.45) is 1.15. The molecule has 5 heteroatoms. The fourth-order valence-electron chi connectivity index (χ4n) is 2.69. The van der Waals surface area contributed by atoms with Crippen molar-refractivity contribution in [2.75, 3.05) is 18.1 Å². The third-order valence-electron chi connectivity index (χ3n) is 3.96. The van der Waals surface area contributed by atoms with Crippen LogP contribution in [0.4, 0.5) is 0 Å². The van der Waals surface area contributed by atoms with Crippen LogP contribution in [0.25, 0.3) is 0 Å². The molecule has 0 aromatic heterocycles. The highest BCUT2D eigenvalue weighted by molar-refractivity contribution is 7.99. The number of carboxylic acids is 1. The van der Waals surface area contributed by atoms with E-state index in [-0.39, 0.29) is 17.2 Å². The summed E-state index contributed by atoms with van der Waals surface area (Å²) in [5.74, 6) is 1.04. The molecule has 17 heavy (non-hydrogen) atoms. The quantitative estimate of drug-likeness (QED) is 0.794. The second kappa shape index (κ2) is 4.52. The molecule has 1 saturated carbocycles. The molecule has 0 aromatic carbocycles. The Balaban J connectivity index is 1.82. The number of nitrogens with one attached hydrogen (secondary N) is 1. The fraction of sp³-hybridized carbons (Fsp3) is 0.833. The van der Waals surface area contributed by atoms with Crippen molar-refractivity contribution in [2.24, 2.45) is 23.2 Å². The molecule has 1 aliphatic carbocycles. The predicted molar refractivity (Wildman–Crippen MR) is 66.8 cm³/mol. The minimum absolute atomic E-state index is 0.0840. The summed E-state index contributed by atoms with van der Waals surface area (Å²) in [6.45, 7) is 4.40. The number of rotatable bonds is 4. The molecule has 1 heterocycles. The van der Waals surface area contributed by atoms with E-state index in [1.165, 1.54) is 5.75 Å². The number of thioether (sulfide) groups is 1. The largest absolute Gasteiger partial charge is 0.481 e. The highest BCUT2D eigenvalue weighted by Gasteiger charge is 2.65. The molecule has 96 valence electrons. The minimum Gasteiger partial charge on any atom is -0.481 e. The Bertz CT molecular complexity index is 337. The highest BCUT2D eigenvalue weighted by atomic mass is 32.2. The smallest absolute Gasteiger partial charge is 0.307 e. The summed E-state index contributed by atoms with van der Waals surface area (Å²) in [6, 6.07) is 0. The van der Waals surface area contributed by atoms with Crippen LogP contribution in [-0.4, -0.2) is 35.0 Å². The summed E-state index contributed by atoms with van der Waals surface area (Å²) in [5.41, 5.74) is -0.389. The molecule has 2 N–H and O–H groups in total. The Morgan fingerprint density at radius 3 is 2.59 bits per heavy atom. The van der Waals surface area contributed by atoms with Gasteiger partial charge in [0.2, 0.25) is 5.91 Å². The van der Waals surface area contributed by atoms with Crippen molar-refractivity contribution in [3.05, 3.63) is 0 Å². The number of carbonyl (C=O) groups is 2. The van der Waals surface area contributed by atoms with E-state index >= 15 is 0 Å². The van der Waals surface area contributed by atoms with Crippen molar-refractivity contribution in [1.82, 2.24) is 5.32 Å². The predicted octanol–water partition coefficient (Wildman–Crippen LogP) is 1.21. The maximum absolute atomic E-state index is 11.9. The average molecular weight is 257 g/mol. The van der Waals surface area contributed by atoms with E-state index in [2.05, 4.69) is 5.32 Å². The van der Waals surface area contributed by atoms with E-state index in [4.69, 9.17) is 5.11 Å². The van der Waals surface area contributed by atoms with Crippen LogP contribution in [0.5, 0.6) is 0 Å². The molecule has 1 aliphatic heterocycles. The molecule has 1 saturated heterocycles. The van der Waals surface area contributed by atoms with Gasteiger partial charge in [0.15, 0.2) is 0 Å². The molecule has 2 rings (SSSR count). The van der Waals surface area contributed by atoms with Crippen LogP contribution < -0.4 is 5.32 Å². The molecule has 0 radical (unpaired) electrons. The monoisotopic (exact) mass is 257 g/mol. The first-order chi connectivity index (χ1) is 7.94. The lowest BCUT2D eigenvalue weighted by Crippen LogP contribution is -2.32. The number of carbonyl (C=O) groups excluding carboxylic acids is 1. The lowest BCUT2D eigenvalue weighted by molar-refractivity contribution is -0.140. The van der Waals surface area contributed by atoms with Gasteiger partial charge in [0.25, 0.3) is 0 Å². The lowest BCUT2D eigenvalue weighted by atomic mass is 10.1. The summed E-state index contributed by atoms with van der Waals surface area (Å²) in [4.78, 5) is 22.9. The van der Waals surface area contributed by atoms with E-state index < -0.39 is 11.9 Å². The van der Waals surface area contributed by atoms with E-state index in [1.54, 1.807) is 0 Å². The molecular formula is C12H19NO3S. The van der Waals surface area contributed by atoms with Gasteiger partial charge in [-0.15, -0.1) is 0 Å². The van der Waals surface area contributed by atoms with E-state index in [9.17, 15) is 9.59 Å². The van der Waals surface area contributed by atoms with Gasteiger partial charge in [-0.1, -0.05) is 13.8 Å². The van der Waals surface area contributed by atoms with Crippen molar-refractivity contribution >= 4 is 23.6 Å². The third kappa shape index (κ3) is 2.44. The zero-order valence-corrected chi connectivity index (χ0v) is 11.0. The first-order valence-electron chi connectivity index (χ1n) is 6.03. The maximum atomic E-state index is 11.9. The zero-order valence-electron chi connectivity index (χ0n) is 10.2. The first-order valence-corrected chi connectivity index (χ1v) is 7.18. The average Bonchev–Trinajstić information content (AvgIpc) is 2.65. The molecule has 2 aliphatic rings. The molecule has 2 fully saturated rings. The summed E-state index contributed by atoms with van der Waals surface area (Å²) < 4.78 is 0. The molecule has 3 atom stereocenters. The molecule has 0 spiro atoms. The standard InChI is InChI=1S/C12H19NO3S/c1-12(2)8(9(12)11(15)16)10(14)13-5-7-3-4-17-6-7/h7-9H,3-6H2,1-2H3,(H,13,14)(H,15,16)/t7?,8-,9+/m1/s1. The minimum atomic E-state index is -0.855. The van der Waals surface area contributed by atoms with Crippen molar-refractivity contribution in [3.8, 4) is 0 Å². The number of hydrogen-bond acceptors (Lipinski definition) is 3. The van der Waals surface area contributed by atoms with Gasteiger partial charge in [0.1, 0.15) is 0 Å². The van der Waals surface area contributed by atoms with Crippen molar-refractivity contribution in [3.63, 3.8) is 0 Å². The molecule has 4 nitrogen and oxygen atoms in total. The van der Waals surface area contributed by atoms with Crippen molar-refractivity contribution < 1.29 is 14.7 Å². The van der Waals surface area contributed by atoms with Crippen LogP contribution in [0.2, 0.25) is 0 Å². The zero-order chi connectivity index (χ0) is 12.6. The van der Waals surface area contributed by atoms with Crippen LogP contribution in [0.1, 0.15) is 20.3 Å². The van der Waals surface area contributed by atoms with Gasteiger partial charge < -0.3 is 10.4 Å². The Morgan fingerprint density at radius 1 is 1.41 bits per heavy atom. The van der Waals surface area contributed by atoms with Gasteiger partial charge in [-0.05, 0) is 29.3 Å². The lowest BCUT2D eigenvalue weighted by Gasteiger charge is -2.10. The second-order valence-electron chi connectivity index (χ2n) is 5.59. The van der Waals surface area contributed by atoms with Gasteiger partial charge in [0.05, 0.1) is 11.8 Å². The van der Waals surface area contributed by atoms with Gasteiger partial charge in [-0.25, -0.2) is 0 Å². The van der Waals surface area contributed by atoms with Gasteiger partial charge in [0, 0.05) is 6.54 Å². The molecule has 0 bridgehead atoms. The van der Waals surface area contributed by atoms with Gasteiger partial charge in [-0.2, -0.15) is 11.8 Å². The third-order valence-corrected chi connectivity index (χ3v) is 5.20. The summed E-state index contributed by atoms with van der Waals surface area (Å²) >= 11 is 1.92. The molecular weight excluding hydrogens is 238 g/mol. The Morgan fingerprint density at radius 2 is 2.12 bits per heavy atom. The summed E-state index contributed by atoms with van der Waals surface area (Å²) in [5, 5.41) is 11.9. The SMILES string of the molecule is CC1(C)[C@H](C(=O)O)[C@@H]1C(=O)NCC1CCSC1. The van der Waals surface area contributed by atoms with E-state index in [1.807, 2.05) is 25.6 Å². The number of carboxylic acid groups (broad SMARTS) is 1. The highest BCUT2D eigenvalue weighted by Crippen LogP contribution is 2.58. The molecule has 0 aromatic rings. The van der Waals surface area contributed by atoms with E-state index in [0.29, 0.717) is 12.5 Å². The first kappa shape index (κ1) is 12.7. The molecule has 1 unspecified atom stereocenters. The van der Waals surface area contributed by atoms with E-state index in [0.717, 1.165) is 12.2 Å². The van der Waals surface area contributed by atoms with Crippen LogP contribution in [0.15, 0.2) is 0 Å². The van der Waals surface area contributed by atoms with Crippen LogP contribution in [0, 0.1) is 23.2 Å². The van der Waals surface area contributed by atoms with Crippen molar-refractivity contribution in [1.29, 1.82) is 0 Å². The topological polar surface area (TPSA) is 66.4 Å². The number of hydrogen-bond donors (Lipinski definition) is 2. The van der Waals surface area contributed by atoms with Crippen LogP contribution >= 0.6 is 11.8 Å². The number of aliphatic carboxylic acids is 1. The Hall–Kier alpha value is -0.710. The van der Waals surface area contributed by atoms with Crippen molar-refractivity contribution in [2.45, 2.75) is 20.3 Å². The maximum Gasteiger partial charge on any atom is 0.307 e.